The molecule has 5 nitrogen and oxygen atoms in total. The van der Waals surface area contributed by atoms with E-state index in [9.17, 15) is 4.79 Å². The number of amides is 1. The number of carbonyl (C=O) groups excluding carboxylic acids is 1. The molecule has 4 rings (SSSR count). The van der Waals surface area contributed by atoms with Crippen molar-refractivity contribution in [2.24, 2.45) is 5.92 Å². The zero-order chi connectivity index (χ0) is 17.1. The van der Waals surface area contributed by atoms with E-state index in [2.05, 4.69) is 39.7 Å². The minimum atomic E-state index is -0.0190. The molecule has 1 saturated carbocycles. The zero-order valence-electron chi connectivity index (χ0n) is 13.9. The molecule has 1 aromatic heterocycles. The van der Waals surface area contributed by atoms with Gasteiger partial charge in [0, 0.05) is 12.1 Å². The first-order valence-electron chi connectivity index (χ1n) is 8.55. The van der Waals surface area contributed by atoms with Crippen molar-refractivity contribution in [3.05, 3.63) is 83.9 Å². The quantitative estimate of drug-likeness (QED) is 0.755. The van der Waals surface area contributed by atoms with Gasteiger partial charge in [0.25, 0.3) is 5.91 Å². The SMILES string of the molecule is O=C(NC[C@H]1C[C@H]1c1ccccc1)c1ccccc1Cn1cncn1. The fourth-order valence-corrected chi connectivity index (χ4v) is 3.27. The van der Waals surface area contributed by atoms with E-state index in [1.807, 2.05) is 30.3 Å². The molecule has 1 heterocycles. The van der Waals surface area contributed by atoms with Gasteiger partial charge in [-0.15, -0.1) is 0 Å². The van der Waals surface area contributed by atoms with Gasteiger partial charge in [0.15, 0.2) is 0 Å². The first-order chi connectivity index (χ1) is 12.3. The van der Waals surface area contributed by atoms with Crippen molar-refractivity contribution >= 4 is 5.91 Å². The Balaban J connectivity index is 1.37. The molecular formula is C20H20N4O. The van der Waals surface area contributed by atoms with Gasteiger partial charge >= 0.3 is 0 Å². The molecule has 0 unspecified atom stereocenters. The Kier molecular flexibility index (Phi) is 4.29. The third kappa shape index (κ3) is 3.60. The van der Waals surface area contributed by atoms with Crippen molar-refractivity contribution < 1.29 is 4.79 Å². The molecular weight excluding hydrogens is 312 g/mol. The largest absolute Gasteiger partial charge is 0.352 e. The van der Waals surface area contributed by atoms with E-state index in [4.69, 9.17) is 0 Å². The van der Waals surface area contributed by atoms with Crippen molar-refractivity contribution in [1.29, 1.82) is 0 Å². The second kappa shape index (κ2) is 6.89. The Morgan fingerprint density at radius 1 is 1.12 bits per heavy atom. The molecule has 0 radical (unpaired) electrons. The molecule has 0 saturated heterocycles. The first kappa shape index (κ1) is 15.6. The fourth-order valence-electron chi connectivity index (χ4n) is 3.27. The summed E-state index contributed by atoms with van der Waals surface area (Å²) in [6.45, 7) is 1.26. The van der Waals surface area contributed by atoms with Crippen LogP contribution in [-0.4, -0.2) is 27.2 Å². The van der Waals surface area contributed by atoms with Crippen LogP contribution in [0.4, 0.5) is 0 Å². The van der Waals surface area contributed by atoms with Crippen LogP contribution in [-0.2, 0) is 6.54 Å². The minimum absolute atomic E-state index is 0.0190. The third-order valence-corrected chi connectivity index (χ3v) is 4.74. The number of hydrogen-bond donors (Lipinski definition) is 1. The Morgan fingerprint density at radius 3 is 2.72 bits per heavy atom. The molecule has 1 aliphatic carbocycles. The summed E-state index contributed by atoms with van der Waals surface area (Å²) in [5, 5.41) is 7.21. The van der Waals surface area contributed by atoms with Crippen LogP contribution in [0.25, 0.3) is 0 Å². The zero-order valence-corrected chi connectivity index (χ0v) is 13.9. The maximum atomic E-state index is 12.6. The average molecular weight is 332 g/mol. The van der Waals surface area contributed by atoms with Crippen LogP contribution < -0.4 is 5.32 Å². The highest BCUT2D eigenvalue weighted by Gasteiger charge is 2.38. The highest BCUT2D eigenvalue weighted by Crippen LogP contribution is 2.46. The van der Waals surface area contributed by atoms with Crippen molar-refractivity contribution in [2.75, 3.05) is 6.54 Å². The molecule has 2 aromatic carbocycles. The standard InChI is InChI=1S/C20H20N4O/c25-20(22-11-17-10-19(17)15-6-2-1-3-7-15)18-9-5-4-8-16(18)12-24-14-21-13-23-24/h1-9,13-14,17,19H,10-12H2,(H,22,25)/t17-,19+/m1/s1. The Labute approximate surface area is 146 Å². The highest BCUT2D eigenvalue weighted by atomic mass is 16.1. The Hall–Kier alpha value is -2.95. The monoisotopic (exact) mass is 332 g/mol. The topological polar surface area (TPSA) is 59.8 Å². The summed E-state index contributed by atoms with van der Waals surface area (Å²) in [7, 11) is 0. The lowest BCUT2D eigenvalue weighted by Crippen LogP contribution is -2.27. The molecule has 1 aliphatic rings. The number of benzene rings is 2. The number of carbonyl (C=O) groups is 1. The highest BCUT2D eigenvalue weighted by molar-refractivity contribution is 5.95. The van der Waals surface area contributed by atoms with Gasteiger partial charge < -0.3 is 5.32 Å². The molecule has 2 atom stereocenters. The van der Waals surface area contributed by atoms with Crippen molar-refractivity contribution in [3.8, 4) is 0 Å². The summed E-state index contributed by atoms with van der Waals surface area (Å²) >= 11 is 0. The molecule has 0 bridgehead atoms. The molecule has 0 aliphatic heterocycles. The van der Waals surface area contributed by atoms with E-state index < -0.39 is 0 Å². The van der Waals surface area contributed by atoms with Gasteiger partial charge in [0.05, 0.1) is 6.54 Å². The normalized spacial score (nSPS) is 18.7. The molecule has 1 fully saturated rings. The van der Waals surface area contributed by atoms with Crippen LogP contribution in [0.2, 0.25) is 0 Å². The van der Waals surface area contributed by atoms with E-state index >= 15 is 0 Å². The summed E-state index contributed by atoms with van der Waals surface area (Å²) in [6, 6.07) is 18.2. The number of nitrogens with one attached hydrogen (secondary N) is 1. The molecule has 126 valence electrons. The van der Waals surface area contributed by atoms with Gasteiger partial charge in [-0.05, 0) is 35.4 Å². The number of rotatable bonds is 6. The van der Waals surface area contributed by atoms with E-state index in [1.54, 1.807) is 11.0 Å². The second-order valence-electron chi connectivity index (χ2n) is 6.47. The molecule has 5 heteroatoms. The van der Waals surface area contributed by atoms with Gasteiger partial charge in [-0.2, -0.15) is 5.10 Å². The van der Waals surface area contributed by atoms with Gasteiger partial charge in [-0.25, -0.2) is 9.67 Å². The summed E-state index contributed by atoms with van der Waals surface area (Å²) in [6.07, 6.45) is 4.30. The lowest BCUT2D eigenvalue weighted by Gasteiger charge is -2.10. The smallest absolute Gasteiger partial charge is 0.251 e. The van der Waals surface area contributed by atoms with Crippen molar-refractivity contribution in [1.82, 2.24) is 20.1 Å². The summed E-state index contributed by atoms with van der Waals surface area (Å²) < 4.78 is 1.72. The van der Waals surface area contributed by atoms with Gasteiger partial charge in [-0.1, -0.05) is 48.5 Å². The molecule has 1 amide bonds. The van der Waals surface area contributed by atoms with Crippen molar-refractivity contribution in [2.45, 2.75) is 18.9 Å². The number of aromatic nitrogens is 3. The Morgan fingerprint density at radius 2 is 1.92 bits per heavy atom. The van der Waals surface area contributed by atoms with Gasteiger partial charge in [0.1, 0.15) is 12.7 Å². The van der Waals surface area contributed by atoms with Gasteiger partial charge in [-0.3, -0.25) is 4.79 Å². The summed E-state index contributed by atoms with van der Waals surface area (Å²) in [5.74, 6) is 1.09. The maximum Gasteiger partial charge on any atom is 0.251 e. The first-order valence-corrected chi connectivity index (χ1v) is 8.55. The van der Waals surface area contributed by atoms with Crippen molar-refractivity contribution in [3.63, 3.8) is 0 Å². The van der Waals surface area contributed by atoms with Crippen LogP contribution in [0.5, 0.6) is 0 Å². The van der Waals surface area contributed by atoms with Gasteiger partial charge in [0.2, 0.25) is 0 Å². The number of nitrogens with zero attached hydrogens (tertiary/aromatic N) is 3. The fraction of sp³-hybridized carbons (Fsp3) is 0.250. The van der Waals surface area contributed by atoms with E-state index in [-0.39, 0.29) is 5.91 Å². The average Bonchev–Trinajstić information content (AvgIpc) is 3.26. The van der Waals surface area contributed by atoms with Crippen LogP contribution >= 0.6 is 0 Å². The number of hydrogen-bond acceptors (Lipinski definition) is 3. The molecule has 1 N–H and O–H groups in total. The van der Waals surface area contributed by atoms with E-state index in [1.165, 1.54) is 11.9 Å². The summed E-state index contributed by atoms with van der Waals surface area (Å²) in [4.78, 5) is 16.6. The second-order valence-corrected chi connectivity index (χ2v) is 6.47. The molecule has 0 spiro atoms. The minimum Gasteiger partial charge on any atom is -0.352 e. The molecule has 25 heavy (non-hydrogen) atoms. The van der Waals surface area contributed by atoms with E-state index in [0.717, 1.165) is 18.5 Å². The Bertz CT molecular complexity index is 845. The predicted octanol–water partition coefficient (Wildman–Crippen LogP) is 2.86. The molecule has 3 aromatic rings. The maximum absolute atomic E-state index is 12.6. The van der Waals surface area contributed by atoms with Crippen LogP contribution in [0.1, 0.15) is 33.8 Å². The van der Waals surface area contributed by atoms with Crippen LogP contribution in [0.3, 0.4) is 0 Å². The third-order valence-electron chi connectivity index (χ3n) is 4.74. The lowest BCUT2D eigenvalue weighted by molar-refractivity contribution is 0.0950. The van der Waals surface area contributed by atoms with Crippen LogP contribution in [0, 0.1) is 5.92 Å². The lowest BCUT2D eigenvalue weighted by atomic mass is 10.1. The van der Waals surface area contributed by atoms with E-state index in [0.29, 0.717) is 23.9 Å². The summed E-state index contributed by atoms with van der Waals surface area (Å²) in [5.41, 5.74) is 3.02. The predicted molar refractivity (Wildman–Crippen MR) is 95.2 cm³/mol. The van der Waals surface area contributed by atoms with Crippen LogP contribution in [0.15, 0.2) is 67.3 Å².